The number of phenols is 1. The molecule has 0 aromatic heterocycles. The molecule has 2 rings (SSSR count). The van der Waals surface area contributed by atoms with Crippen LogP contribution in [-0.2, 0) is 0 Å². The lowest BCUT2D eigenvalue weighted by atomic mass is 10.2. The Bertz CT molecular complexity index is 744. The average Bonchev–Trinajstić information content (AvgIpc) is 2.61. The molecule has 0 radical (unpaired) electrons. The maximum absolute atomic E-state index is 12.0. The molecule has 0 spiro atoms. The Kier molecular flexibility index (Phi) is 6.83. The summed E-state index contributed by atoms with van der Waals surface area (Å²) >= 11 is 0. The van der Waals surface area contributed by atoms with Crippen molar-refractivity contribution in [2.75, 3.05) is 13.2 Å². The summed E-state index contributed by atoms with van der Waals surface area (Å²) in [6.07, 6.45) is 2.41. The maximum atomic E-state index is 12.0. The number of benzene rings is 2. The van der Waals surface area contributed by atoms with E-state index in [1.165, 1.54) is 18.3 Å². The number of para-hydroxylation sites is 1. The summed E-state index contributed by atoms with van der Waals surface area (Å²) in [6, 6.07) is 11.7. The Morgan fingerprint density at radius 3 is 2.68 bits per heavy atom. The van der Waals surface area contributed by atoms with Gasteiger partial charge < -0.3 is 14.6 Å². The summed E-state index contributed by atoms with van der Waals surface area (Å²) in [5, 5.41) is 13.6. The molecule has 0 bridgehead atoms. The fraction of sp³-hybridized carbons (Fsp3) is 0.263. The van der Waals surface area contributed by atoms with Gasteiger partial charge >= 0.3 is 0 Å². The minimum atomic E-state index is -0.484. The van der Waals surface area contributed by atoms with E-state index in [1.807, 2.05) is 26.0 Å². The van der Waals surface area contributed by atoms with Gasteiger partial charge in [0.05, 0.1) is 25.0 Å². The first-order chi connectivity index (χ1) is 12.2. The summed E-state index contributed by atoms with van der Waals surface area (Å²) in [6.45, 7) is 5.07. The van der Waals surface area contributed by atoms with Crippen LogP contribution >= 0.6 is 0 Å². The average molecular weight is 342 g/mol. The van der Waals surface area contributed by atoms with Crippen molar-refractivity contribution in [2.45, 2.75) is 20.3 Å². The fourth-order valence-corrected chi connectivity index (χ4v) is 2.10. The third-order valence-corrected chi connectivity index (χ3v) is 3.26. The van der Waals surface area contributed by atoms with E-state index in [1.54, 1.807) is 18.2 Å². The Morgan fingerprint density at radius 2 is 1.96 bits per heavy atom. The molecule has 0 saturated carbocycles. The second-order valence-electron chi connectivity index (χ2n) is 5.20. The van der Waals surface area contributed by atoms with E-state index in [2.05, 4.69) is 10.5 Å². The largest absolute Gasteiger partial charge is 0.507 e. The molecule has 0 heterocycles. The summed E-state index contributed by atoms with van der Waals surface area (Å²) in [5.74, 6) is 0.736. The van der Waals surface area contributed by atoms with E-state index in [-0.39, 0.29) is 11.3 Å². The zero-order valence-electron chi connectivity index (χ0n) is 14.4. The van der Waals surface area contributed by atoms with E-state index >= 15 is 0 Å². The fourth-order valence-electron chi connectivity index (χ4n) is 2.10. The van der Waals surface area contributed by atoms with Crippen molar-refractivity contribution in [2.24, 2.45) is 5.10 Å². The Hall–Kier alpha value is -3.02. The van der Waals surface area contributed by atoms with Gasteiger partial charge in [-0.1, -0.05) is 19.1 Å². The second kappa shape index (κ2) is 9.32. The van der Waals surface area contributed by atoms with Gasteiger partial charge in [-0.15, -0.1) is 0 Å². The first-order valence-electron chi connectivity index (χ1n) is 8.16. The number of nitrogens with zero attached hydrogens (tertiary/aromatic N) is 1. The molecule has 0 atom stereocenters. The van der Waals surface area contributed by atoms with E-state index in [4.69, 9.17) is 9.47 Å². The lowest BCUT2D eigenvalue weighted by molar-refractivity contribution is 0.0952. The number of carbonyl (C=O) groups is 1. The first kappa shape index (κ1) is 18.3. The summed E-state index contributed by atoms with van der Waals surface area (Å²) in [4.78, 5) is 12.0. The zero-order chi connectivity index (χ0) is 18.1. The Morgan fingerprint density at radius 1 is 1.16 bits per heavy atom. The topological polar surface area (TPSA) is 80.2 Å². The minimum absolute atomic E-state index is 0.0914. The lowest BCUT2D eigenvalue weighted by Crippen LogP contribution is -2.17. The normalized spacial score (nSPS) is 10.6. The van der Waals surface area contributed by atoms with Gasteiger partial charge in [0.15, 0.2) is 11.5 Å². The summed E-state index contributed by atoms with van der Waals surface area (Å²) in [5.41, 5.74) is 3.31. The summed E-state index contributed by atoms with van der Waals surface area (Å²) in [7, 11) is 0. The zero-order valence-corrected chi connectivity index (χ0v) is 14.4. The van der Waals surface area contributed by atoms with Crippen LogP contribution < -0.4 is 14.9 Å². The number of ether oxygens (including phenoxy) is 2. The molecule has 25 heavy (non-hydrogen) atoms. The van der Waals surface area contributed by atoms with Gasteiger partial charge in [-0.3, -0.25) is 4.79 Å². The van der Waals surface area contributed by atoms with Crippen molar-refractivity contribution < 1.29 is 19.4 Å². The molecule has 0 aliphatic rings. The monoisotopic (exact) mass is 342 g/mol. The molecule has 2 aromatic carbocycles. The molecule has 132 valence electrons. The van der Waals surface area contributed by atoms with E-state index < -0.39 is 5.91 Å². The maximum Gasteiger partial charge on any atom is 0.275 e. The molecule has 6 heteroatoms. The number of hydrazone groups is 1. The number of rotatable bonds is 8. The Balaban J connectivity index is 2.06. The molecule has 1 amide bonds. The van der Waals surface area contributed by atoms with Gasteiger partial charge in [0.25, 0.3) is 5.91 Å². The number of phenolic OH excluding ortho intramolecular Hbond substituents is 1. The molecule has 0 saturated heterocycles. The second-order valence-corrected chi connectivity index (χ2v) is 5.20. The predicted molar refractivity (Wildman–Crippen MR) is 96.6 cm³/mol. The number of carbonyl (C=O) groups excluding carboxylic acids is 1. The van der Waals surface area contributed by atoms with Crippen molar-refractivity contribution in [3.05, 3.63) is 53.6 Å². The van der Waals surface area contributed by atoms with Crippen LogP contribution in [-0.4, -0.2) is 30.4 Å². The predicted octanol–water partition coefficient (Wildman–Crippen LogP) is 3.34. The van der Waals surface area contributed by atoms with Crippen molar-refractivity contribution in [3.8, 4) is 17.2 Å². The quantitative estimate of drug-likeness (QED) is 0.569. The van der Waals surface area contributed by atoms with Crippen LogP contribution in [0.15, 0.2) is 47.6 Å². The highest BCUT2D eigenvalue weighted by molar-refractivity contribution is 5.97. The molecule has 2 aromatic rings. The van der Waals surface area contributed by atoms with Crippen LogP contribution in [0.4, 0.5) is 0 Å². The number of hydrogen-bond donors (Lipinski definition) is 2. The van der Waals surface area contributed by atoms with E-state index in [9.17, 15) is 9.90 Å². The molecule has 0 aliphatic carbocycles. The van der Waals surface area contributed by atoms with Gasteiger partial charge in [-0.05, 0) is 49.2 Å². The van der Waals surface area contributed by atoms with Crippen LogP contribution in [0.2, 0.25) is 0 Å². The van der Waals surface area contributed by atoms with Crippen LogP contribution in [0.5, 0.6) is 17.2 Å². The van der Waals surface area contributed by atoms with Crippen molar-refractivity contribution >= 4 is 12.1 Å². The van der Waals surface area contributed by atoms with Gasteiger partial charge in [0.1, 0.15) is 5.75 Å². The highest BCUT2D eigenvalue weighted by Crippen LogP contribution is 2.28. The van der Waals surface area contributed by atoms with Crippen LogP contribution in [0.25, 0.3) is 0 Å². The van der Waals surface area contributed by atoms with Gasteiger partial charge in [-0.2, -0.15) is 5.10 Å². The number of aromatic hydroxyl groups is 1. The number of amides is 1. The molecule has 2 N–H and O–H groups in total. The third-order valence-electron chi connectivity index (χ3n) is 3.26. The number of nitrogens with one attached hydrogen (secondary N) is 1. The Labute approximate surface area is 147 Å². The van der Waals surface area contributed by atoms with Gasteiger partial charge in [0, 0.05) is 0 Å². The smallest absolute Gasteiger partial charge is 0.275 e. The highest BCUT2D eigenvalue weighted by atomic mass is 16.5. The lowest BCUT2D eigenvalue weighted by Gasteiger charge is -2.11. The van der Waals surface area contributed by atoms with Crippen molar-refractivity contribution in [3.63, 3.8) is 0 Å². The highest BCUT2D eigenvalue weighted by Gasteiger charge is 2.09. The SMILES string of the molecule is CCCOc1ccc(/C=N/NC(=O)c2ccccc2O)cc1OCC. The van der Waals surface area contributed by atoms with Crippen LogP contribution in [0.1, 0.15) is 36.2 Å². The molecular formula is C19H22N2O4. The van der Waals surface area contributed by atoms with Crippen LogP contribution in [0.3, 0.4) is 0 Å². The molecular weight excluding hydrogens is 320 g/mol. The molecule has 6 nitrogen and oxygen atoms in total. The van der Waals surface area contributed by atoms with Crippen molar-refractivity contribution in [1.29, 1.82) is 0 Å². The molecule has 0 aliphatic heterocycles. The third kappa shape index (κ3) is 5.24. The van der Waals surface area contributed by atoms with E-state index in [0.717, 1.165) is 12.0 Å². The van der Waals surface area contributed by atoms with Gasteiger partial charge in [-0.25, -0.2) is 5.43 Å². The number of hydrogen-bond acceptors (Lipinski definition) is 5. The first-order valence-corrected chi connectivity index (χ1v) is 8.16. The molecule has 0 unspecified atom stereocenters. The van der Waals surface area contributed by atoms with Crippen LogP contribution in [0, 0.1) is 0 Å². The standard InChI is InChI=1S/C19H22N2O4/c1-3-11-25-17-10-9-14(12-18(17)24-4-2)13-20-21-19(23)15-7-5-6-8-16(15)22/h5-10,12-13,22H,3-4,11H2,1-2H3,(H,21,23)/b20-13+. The van der Waals surface area contributed by atoms with E-state index in [0.29, 0.717) is 24.7 Å². The summed E-state index contributed by atoms with van der Waals surface area (Å²) < 4.78 is 11.2. The molecule has 0 fully saturated rings. The van der Waals surface area contributed by atoms with Gasteiger partial charge in [0.2, 0.25) is 0 Å². The minimum Gasteiger partial charge on any atom is -0.507 e. The van der Waals surface area contributed by atoms with Crippen molar-refractivity contribution in [1.82, 2.24) is 5.43 Å².